The highest BCUT2D eigenvalue weighted by molar-refractivity contribution is 6.03. The molecule has 0 aliphatic carbocycles. The summed E-state index contributed by atoms with van der Waals surface area (Å²) in [4.78, 5) is 29.9. The summed E-state index contributed by atoms with van der Waals surface area (Å²) in [6.07, 6.45) is 11.5. The van der Waals surface area contributed by atoms with Gasteiger partial charge in [0.2, 0.25) is 0 Å². The molecule has 22 aromatic rings. The molecule has 0 spiro atoms. The Hall–Kier alpha value is -17.6. The van der Waals surface area contributed by atoms with Crippen LogP contribution in [0.2, 0.25) is 0 Å². The van der Waals surface area contributed by atoms with E-state index in [1.54, 1.807) is 0 Å². The van der Waals surface area contributed by atoms with Crippen LogP contribution in [-0.2, 0) is 0 Å². The molecule has 618 valence electrons. The van der Waals surface area contributed by atoms with Crippen molar-refractivity contribution in [3.8, 4) is 234 Å². The van der Waals surface area contributed by atoms with Gasteiger partial charge in [0, 0.05) is 70.6 Å². The molecule has 6 heterocycles. The minimum atomic E-state index is 0.762. The van der Waals surface area contributed by atoms with Crippen molar-refractivity contribution < 1.29 is 0 Å². The monoisotopic (exact) mass is 1680 g/mol. The molecule has 132 heavy (non-hydrogen) atoms. The molecule has 0 radical (unpaired) electrons. The number of benzene rings is 16. The quantitative estimate of drug-likeness (QED) is 0.0713. The average molecular weight is 1680 g/mol. The summed E-state index contributed by atoms with van der Waals surface area (Å²) in [5.41, 5.74) is 44.3. The molecule has 6 aromatic heterocycles. The fourth-order valence-corrected chi connectivity index (χ4v) is 18.8. The number of aromatic nitrogens is 6. The van der Waals surface area contributed by atoms with Gasteiger partial charge in [-0.15, -0.1) is 0 Å². The second kappa shape index (κ2) is 36.4. The first-order valence-electron chi connectivity index (χ1n) is 44.7. The van der Waals surface area contributed by atoms with Crippen LogP contribution in [0.3, 0.4) is 0 Å². The molecule has 6 nitrogen and oxygen atoms in total. The van der Waals surface area contributed by atoms with Gasteiger partial charge < -0.3 is 0 Å². The van der Waals surface area contributed by atoms with Crippen LogP contribution in [0, 0.1) is 0 Å². The maximum absolute atomic E-state index is 5.31. The first-order valence-corrected chi connectivity index (χ1v) is 44.7. The van der Waals surface area contributed by atoms with E-state index in [1.165, 1.54) is 0 Å². The van der Waals surface area contributed by atoms with E-state index in [-0.39, 0.29) is 0 Å². The minimum absolute atomic E-state index is 0.762. The van der Waals surface area contributed by atoms with E-state index >= 15 is 0 Å². The summed E-state index contributed by atoms with van der Waals surface area (Å²) in [5.74, 6) is 0. The summed E-state index contributed by atoms with van der Waals surface area (Å²) in [5, 5.41) is 0. The van der Waals surface area contributed by atoms with Crippen LogP contribution in [0.5, 0.6) is 0 Å². The van der Waals surface area contributed by atoms with Gasteiger partial charge in [0.15, 0.2) is 0 Å². The Morgan fingerprint density at radius 1 is 0.0909 bits per heavy atom. The van der Waals surface area contributed by atoms with Gasteiger partial charge in [-0.1, -0.05) is 352 Å². The van der Waals surface area contributed by atoms with Crippen LogP contribution in [-0.4, -0.2) is 29.9 Å². The molecule has 16 aromatic carbocycles. The summed E-state index contributed by atoms with van der Waals surface area (Å²) in [6, 6.07) is 170. The summed E-state index contributed by atoms with van der Waals surface area (Å²) < 4.78 is 0. The van der Waals surface area contributed by atoms with E-state index in [1.807, 2.05) is 61.4 Å². The molecule has 0 aliphatic heterocycles. The zero-order valence-corrected chi connectivity index (χ0v) is 72.2. The first kappa shape index (κ1) is 80.3. The number of nitrogens with zero attached hydrogens (tertiary/aromatic N) is 6. The number of hydrogen-bond donors (Lipinski definition) is 0. The third-order valence-corrected chi connectivity index (χ3v) is 25.1. The number of rotatable bonds is 21. The van der Waals surface area contributed by atoms with Crippen molar-refractivity contribution in [2.45, 2.75) is 0 Å². The maximum Gasteiger partial charge on any atom is 0.0886 e. The normalized spacial score (nSPS) is 11.2. The van der Waals surface area contributed by atoms with E-state index in [2.05, 4.69) is 449 Å². The molecule has 0 saturated heterocycles. The molecule has 0 bridgehead atoms. The van der Waals surface area contributed by atoms with Crippen molar-refractivity contribution in [3.05, 3.63) is 510 Å². The highest BCUT2D eigenvalue weighted by Gasteiger charge is 2.25. The lowest BCUT2D eigenvalue weighted by Gasteiger charge is -2.20. The molecule has 0 saturated carbocycles. The van der Waals surface area contributed by atoms with Crippen molar-refractivity contribution in [1.29, 1.82) is 0 Å². The van der Waals surface area contributed by atoms with Gasteiger partial charge in [-0.2, -0.15) is 0 Å². The van der Waals surface area contributed by atoms with Crippen LogP contribution in [0.15, 0.2) is 510 Å². The molecule has 0 fully saturated rings. The summed E-state index contributed by atoms with van der Waals surface area (Å²) in [7, 11) is 0. The lowest BCUT2D eigenvalue weighted by Crippen LogP contribution is -1.95. The Labute approximate surface area is 769 Å². The van der Waals surface area contributed by atoms with Gasteiger partial charge in [0.25, 0.3) is 0 Å². The Balaban J connectivity index is 0.647. The largest absolute Gasteiger partial charge is 0.256 e. The maximum atomic E-state index is 5.31. The summed E-state index contributed by atoms with van der Waals surface area (Å²) in [6.45, 7) is 0. The van der Waals surface area contributed by atoms with Crippen molar-refractivity contribution in [2.24, 2.45) is 0 Å². The molecule has 22 rings (SSSR count). The van der Waals surface area contributed by atoms with Crippen LogP contribution in [0.1, 0.15) is 0 Å². The Bertz CT molecular complexity index is 7080. The molecule has 0 N–H and O–H groups in total. The van der Waals surface area contributed by atoms with Gasteiger partial charge >= 0.3 is 0 Å². The number of hydrogen-bond acceptors (Lipinski definition) is 6. The van der Waals surface area contributed by atoms with E-state index < -0.39 is 0 Å². The molecule has 6 heteroatoms. The molecule has 0 unspecified atom stereocenters. The van der Waals surface area contributed by atoms with Gasteiger partial charge in [0.1, 0.15) is 0 Å². The van der Waals surface area contributed by atoms with Gasteiger partial charge in [-0.05, 0) is 288 Å². The van der Waals surface area contributed by atoms with Gasteiger partial charge in [-0.25, -0.2) is 0 Å². The van der Waals surface area contributed by atoms with E-state index in [4.69, 9.17) is 29.9 Å². The highest BCUT2D eigenvalue weighted by atomic mass is 14.8. The minimum Gasteiger partial charge on any atom is -0.256 e. The summed E-state index contributed by atoms with van der Waals surface area (Å²) >= 11 is 0. The predicted molar refractivity (Wildman–Crippen MR) is 547 cm³/mol. The third-order valence-electron chi connectivity index (χ3n) is 25.1. The second-order valence-corrected chi connectivity index (χ2v) is 33.1. The van der Waals surface area contributed by atoms with Crippen molar-refractivity contribution >= 4 is 0 Å². The zero-order valence-electron chi connectivity index (χ0n) is 72.2. The van der Waals surface area contributed by atoms with E-state index in [9.17, 15) is 0 Å². The zero-order chi connectivity index (χ0) is 87.9. The SMILES string of the molecule is c1ccc(-c2cc(-c3ccccn3)ccc2-c2ccccc2-c2cc(-c3ccccc3-c3ccc(-c4ccc(-c5ccccc5-c5cc(-c6ccccc6-c6ccc(-c7ccccn7)cc6-c6ccccc6)cc(-c6ccccc6-c6ccc(-c7ccccn7)cc6-c6ccccc6)c5)cn4)nc3)cc(-c3ccccc3-c3ccc(-c4ccccn4)cc3-c3ccccc3)c2)cc1. The standard InChI is InChI=1S/C126H84N6/c1-5-33-85(34-6-1)117-79-89(121-53-25-29-69-127-121)57-63-113(117)109-49-21-17-45-105(109)97-73-95(74-98(77-97)106-46-18-22-50-110(106)114-64-58-90(122-54-26-30-70-128-122)80-118(114)86-35-7-2-8-36-86)103-43-15-13-41-101(103)93-61-67-125(131-83-93)126-68-62-94(84-132-126)102-42-14-16-44-104(102)96-75-99(107-47-19-23-51-111(107)115-65-59-91(123-55-27-31-71-129-123)81-119(115)87-37-9-3-10-38-87)78-100(76-96)108-48-20-24-52-112(108)116-66-60-92(124-56-28-32-72-130-124)82-120(116)88-39-11-4-12-40-88/h1-84H. The average Bonchev–Trinajstić information content (AvgIpc) is 0.756. The topological polar surface area (TPSA) is 77.3 Å². The van der Waals surface area contributed by atoms with Crippen LogP contribution in [0.4, 0.5) is 0 Å². The fraction of sp³-hybridized carbons (Fsp3) is 0. The fourth-order valence-electron chi connectivity index (χ4n) is 18.8. The van der Waals surface area contributed by atoms with Gasteiger partial charge in [0.05, 0.1) is 34.2 Å². The number of pyridine rings is 6. The van der Waals surface area contributed by atoms with Crippen molar-refractivity contribution in [2.75, 3.05) is 0 Å². The van der Waals surface area contributed by atoms with Crippen molar-refractivity contribution in [3.63, 3.8) is 0 Å². The van der Waals surface area contributed by atoms with E-state index in [0.717, 1.165) is 234 Å². The molecule has 0 aliphatic rings. The molecular weight excluding hydrogens is 1600 g/mol. The highest BCUT2D eigenvalue weighted by Crippen LogP contribution is 2.50. The lowest BCUT2D eigenvalue weighted by atomic mass is 9.84. The Morgan fingerprint density at radius 3 is 0.477 bits per heavy atom. The van der Waals surface area contributed by atoms with Crippen LogP contribution < -0.4 is 0 Å². The molecule has 0 atom stereocenters. The van der Waals surface area contributed by atoms with Crippen LogP contribution >= 0.6 is 0 Å². The smallest absolute Gasteiger partial charge is 0.0886 e. The lowest BCUT2D eigenvalue weighted by molar-refractivity contribution is 1.25. The Kier molecular flexibility index (Phi) is 22.1. The second-order valence-electron chi connectivity index (χ2n) is 33.1. The molecule has 0 amide bonds. The molecular formula is C126H84N6. The third kappa shape index (κ3) is 16.3. The van der Waals surface area contributed by atoms with Gasteiger partial charge in [-0.3, -0.25) is 29.9 Å². The Morgan fingerprint density at radius 2 is 0.273 bits per heavy atom. The van der Waals surface area contributed by atoms with Crippen molar-refractivity contribution in [1.82, 2.24) is 29.9 Å². The van der Waals surface area contributed by atoms with E-state index in [0.29, 0.717) is 0 Å². The predicted octanol–water partition coefficient (Wildman–Crippen LogP) is 33.1. The first-order chi connectivity index (χ1) is 65.5. The van der Waals surface area contributed by atoms with Crippen LogP contribution in [0.25, 0.3) is 234 Å².